The van der Waals surface area contributed by atoms with E-state index in [1.54, 1.807) is 21.8 Å². The van der Waals surface area contributed by atoms with E-state index in [0.717, 1.165) is 22.4 Å². The number of hydrogen-bond donors (Lipinski definition) is 0. The summed E-state index contributed by atoms with van der Waals surface area (Å²) in [5, 5.41) is 4.79. The molecule has 0 spiro atoms. The average molecular weight is 529 g/mol. The van der Waals surface area contributed by atoms with Crippen molar-refractivity contribution in [3.8, 4) is 22.5 Å². The van der Waals surface area contributed by atoms with E-state index >= 15 is 0 Å². The number of rotatable bonds is 5. The smallest absolute Gasteiger partial charge is 0.261 e. The molecule has 0 aliphatic rings. The second-order valence-corrected chi connectivity index (χ2v) is 8.77. The summed E-state index contributed by atoms with van der Waals surface area (Å²) in [6.45, 7) is 7.90. The molecule has 0 bridgehead atoms. The number of aryl methyl sites for hydroxylation is 2. The first-order valence-corrected chi connectivity index (χ1v) is 10.9. The van der Waals surface area contributed by atoms with Gasteiger partial charge in [0, 0.05) is 24.4 Å². The van der Waals surface area contributed by atoms with Crippen LogP contribution in [0, 0.1) is 6.92 Å². The van der Waals surface area contributed by atoms with Crippen molar-refractivity contribution in [2.45, 2.75) is 39.3 Å². The van der Waals surface area contributed by atoms with Gasteiger partial charge in [0.1, 0.15) is 34.2 Å². The van der Waals surface area contributed by atoms with Crippen LogP contribution in [0.4, 0.5) is 0 Å². The average Bonchev–Trinajstić information content (AvgIpc) is 3.19. The van der Waals surface area contributed by atoms with Crippen LogP contribution < -0.4 is 5.56 Å². The van der Waals surface area contributed by atoms with E-state index in [1.807, 2.05) is 94.3 Å². The van der Waals surface area contributed by atoms with Crippen molar-refractivity contribution in [1.82, 2.24) is 24.3 Å². The Morgan fingerprint density at radius 1 is 1.16 bits per heavy atom. The Morgan fingerprint density at radius 2 is 1.87 bits per heavy atom. The molecule has 4 rings (SSSR count). The number of pyridine rings is 1. The van der Waals surface area contributed by atoms with Crippen LogP contribution in [0.3, 0.4) is 0 Å². The predicted octanol–water partition coefficient (Wildman–Crippen LogP) is 4.87. The molecule has 3 heterocycles. The molecule has 0 aliphatic carbocycles. The molecule has 1 unspecified atom stereocenters. The summed E-state index contributed by atoms with van der Waals surface area (Å²) < 4.78 is 8.93. The number of hydrogen-bond acceptors (Lipinski definition) is 5. The molecule has 0 fully saturated rings. The minimum Gasteiger partial charge on any atom is -0.308 e. The Kier molecular flexibility index (Phi) is 5.69. The van der Waals surface area contributed by atoms with Gasteiger partial charge >= 0.3 is 0 Å². The minimum absolute atomic E-state index is 0.125. The topological polar surface area (TPSA) is 74.8 Å². The SMILES string of the molecule is Cc1ccc(-c2cc3c(=O)n(C(C)C(C)(C)OI)cnc3c(-c3cnn(C)c3)n2)cc1. The summed E-state index contributed by atoms with van der Waals surface area (Å²) in [5.74, 6) is 0. The van der Waals surface area contributed by atoms with Crippen LogP contribution in [0.15, 0.2) is 53.8 Å². The third-order valence-electron chi connectivity index (χ3n) is 5.72. The fraction of sp³-hybridized carbons (Fsp3) is 0.304. The van der Waals surface area contributed by atoms with Crippen molar-refractivity contribution in [2.75, 3.05) is 0 Å². The van der Waals surface area contributed by atoms with E-state index in [9.17, 15) is 4.79 Å². The Balaban J connectivity index is 2.01. The van der Waals surface area contributed by atoms with Crippen LogP contribution >= 0.6 is 23.0 Å². The molecule has 4 aromatic rings. The largest absolute Gasteiger partial charge is 0.308 e. The summed E-state index contributed by atoms with van der Waals surface area (Å²) in [7, 11) is 1.85. The van der Waals surface area contributed by atoms with E-state index in [1.165, 1.54) is 0 Å². The van der Waals surface area contributed by atoms with Gasteiger partial charge in [-0.15, -0.1) is 0 Å². The summed E-state index contributed by atoms with van der Waals surface area (Å²) in [6.07, 6.45) is 5.20. The van der Waals surface area contributed by atoms with Gasteiger partial charge in [-0.2, -0.15) is 5.10 Å². The number of halogens is 1. The fourth-order valence-electron chi connectivity index (χ4n) is 3.44. The van der Waals surface area contributed by atoms with Gasteiger partial charge in [0.25, 0.3) is 5.56 Å². The van der Waals surface area contributed by atoms with Crippen LogP contribution in [0.2, 0.25) is 0 Å². The van der Waals surface area contributed by atoms with Crippen molar-refractivity contribution >= 4 is 33.9 Å². The maximum absolute atomic E-state index is 13.6. The lowest BCUT2D eigenvalue weighted by atomic mass is 10.0. The van der Waals surface area contributed by atoms with E-state index in [-0.39, 0.29) is 11.6 Å². The van der Waals surface area contributed by atoms with Crippen molar-refractivity contribution < 1.29 is 3.07 Å². The van der Waals surface area contributed by atoms with Crippen LogP contribution in [-0.2, 0) is 10.1 Å². The van der Waals surface area contributed by atoms with E-state index in [0.29, 0.717) is 16.6 Å². The van der Waals surface area contributed by atoms with E-state index < -0.39 is 5.60 Å². The molecule has 8 heteroatoms. The molecule has 0 saturated carbocycles. The van der Waals surface area contributed by atoms with Gasteiger partial charge < -0.3 is 3.07 Å². The fourth-order valence-corrected chi connectivity index (χ4v) is 3.80. The third-order valence-corrected chi connectivity index (χ3v) is 6.85. The van der Waals surface area contributed by atoms with Gasteiger partial charge in [0.05, 0.1) is 35.2 Å². The summed E-state index contributed by atoms with van der Waals surface area (Å²) in [4.78, 5) is 23.1. The second kappa shape index (κ2) is 8.16. The predicted molar refractivity (Wildman–Crippen MR) is 130 cm³/mol. The molecule has 0 saturated heterocycles. The van der Waals surface area contributed by atoms with Crippen LogP contribution in [0.25, 0.3) is 33.4 Å². The summed E-state index contributed by atoms with van der Waals surface area (Å²) in [6, 6.07) is 9.72. The second-order valence-electron chi connectivity index (χ2n) is 8.33. The normalized spacial score (nSPS) is 13.0. The lowest BCUT2D eigenvalue weighted by molar-refractivity contribution is 0.105. The maximum atomic E-state index is 13.6. The Hall–Kier alpha value is -2.59. The number of aromatic nitrogens is 5. The molecular formula is C23H24IN5O2. The highest BCUT2D eigenvalue weighted by Gasteiger charge is 2.29. The quantitative estimate of drug-likeness (QED) is 0.345. The number of nitrogens with zero attached hydrogens (tertiary/aromatic N) is 5. The lowest BCUT2D eigenvalue weighted by Crippen LogP contribution is -2.37. The highest BCUT2D eigenvalue weighted by Crippen LogP contribution is 2.31. The van der Waals surface area contributed by atoms with E-state index in [2.05, 4.69) is 10.1 Å². The molecular weight excluding hydrogens is 505 g/mol. The highest BCUT2D eigenvalue weighted by atomic mass is 127. The van der Waals surface area contributed by atoms with Gasteiger partial charge in [0.2, 0.25) is 0 Å². The first-order chi connectivity index (χ1) is 14.7. The molecule has 0 aliphatic heterocycles. The van der Waals surface area contributed by atoms with Gasteiger partial charge in [-0.05, 0) is 33.8 Å². The molecule has 3 aromatic heterocycles. The molecule has 0 N–H and O–H groups in total. The zero-order chi connectivity index (χ0) is 22.3. The molecule has 160 valence electrons. The number of fused-ring (bicyclic) bond motifs is 1. The van der Waals surface area contributed by atoms with Gasteiger partial charge in [-0.3, -0.25) is 14.0 Å². The first kappa shape index (κ1) is 21.6. The monoisotopic (exact) mass is 529 g/mol. The van der Waals surface area contributed by atoms with Crippen molar-refractivity contribution in [3.63, 3.8) is 0 Å². The summed E-state index contributed by atoms with van der Waals surface area (Å²) in [5.41, 5.74) is 4.18. The highest BCUT2D eigenvalue weighted by molar-refractivity contribution is 14.1. The minimum atomic E-state index is -0.543. The zero-order valence-corrected chi connectivity index (χ0v) is 20.3. The molecule has 1 aromatic carbocycles. The standard InChI is InChI=1S/C23H24IN5O2/c1-14-6-8-16(9-7-14)19-10-18-21(20(27-19)17-11-26-28(5)12-17)25-13-29(22(18)30)15(2)23(3,4)31-24/h6-13,15H,1-5H3. The maximum Gasteiger partial charge on any atom is 0.261 e. The van der Waals surface area contributed by atoms with E-state index in [4.69, 9.17) is 8.05 Å². The first-order valence-electron chi connectivity index (χ1n) is 9.99. The van der Waals surface area contributed by atoms with Crippen molar-refractivity contribution in [2.24, 2.45) is 7.05 Å². The van der Waals surface area contributed by atoms with Crippen molar-refractivity contribution in [1.29, 1.82) is 0 Å². The molecule has 0 radical (unpaired) electrons. The van der Waals surface area contributed by atoms with Gasteiger partial charge in [-0.25, -0.2) is 9.97 Å². The lowest BCUT2D eigenvalue weighted by Gasteiger charge is -2.30. The molecule has 1 atom stereocenters. The number of benzene rings is 1. The molecule has 31 heavy (non-hydrogen) atoms. The Morgan fingerprint density at radius 3 is 2.48 bits per heavy atom. The van der Waals surface area contributed by atoms with Gasteiger partial charge in [-0.1, -0.05) is 29.8 Å². The molecule has 7 nitrogen and oxygen atoms in total. The summed E-state index contributed by atoms with van der Waals surface area (Å²) >= 11 is 1.88. The zero-order valence-electron chi connectivity index (χ0n) is 18.1. The van der Waals surface area contributed by atoms with Crippen LogP contribution in [-0.4, -0.2) is 29.9 Å². The molecule has 0 amide bonds. The van der Waals surface area contributed by atoms with Crippen molar-refractivity contribution in [3.05, 3.63) is 65.0 Å². The van der Waals surface area contributed by atoms with Gasteiger partial charge in [0.15, 0.2) is 0 Å². The van der Waals surface area contributed by atoms with Crippen LogP contribution in [0.1, 0.15) is 32.4 Å². The Bertz CT molecular complexity index is 1310. The Labute approximate surface area is 194 Å². The third kappa shape index (κ3) is 4.01. The van der Waals surface area contributed by atoms with Crippen LogP contribution in [0.5, 0.6) is 0 Å².